The van der Waals surface area contributed by atoms with E-state index in [4.69, 9.17) is 5.73 Å². The molecular formula is C9H10N2. The van der Waals surface area contributed by atoms with Crippen LogP contribution in [0, 0.1) is 0 Å². The van der Waals surface area contributed by atoms with Crippen molar-refractivity contribution in [3.8, 4) is 0 Å². The standard InChI is InChI=1S/C9H10N2/c10-8-11-7-6-9-4-2-1-3-5-9/h1-8H,(H2,10,11). The average molecular weight is 146 g/mol. The Morgan fingerprint density at radius 3 is 2.55 bits per heavy atom. The number of hydrogen-bond acceptors (Lipinski definition) is 1. The van der Waals surface area contributed by atoms with Gasteiger partial charge in [0.25, 0.3) is 0 Å². The van der Waals surface area contributed by atoms with Crippen molar-refractivity contribution >= 4 is 12.4 Å². The van der Waals surface area contributed by atoms with Crippen molar-refractivity contribution in [2.75, 3.05) is 0 Å². The van der Waals surface area contributed by atoms with Gasteiger partial charge in [-0.3, -0.25) is 0 Å². The molecule has 1 rings (SSSR count). The lowest BCUT2D eigenvalue weighted by Crippen LogP contribution is -1.85. The van der Waals surface area contributed by atoms with Crippen LogP contribution in [0.4, 0.5) is 0 Å². The molecule has 0 atom stereocenters. The van der Waals surface area contributed by atoms with Gasteiger partial charge in [-0.2, -0.15) is 0 Å². The van der Waals surface area contributed by atoms with Crippen LogP contribution < -0.4 is 5.73 Å². The number of benzene rings is 1. The maximum Gasteiger partial charge on any atom is 0.0852 e. The second-order valence-electron chi connectivity index (χ2n) is 2.02. The summed E-state index contributed by atoms with van der Waals surface area (Å²) in [4.78, 5) is 3.74. The highest BCUT2D eigenvalue weighted by Crippen LogP contribution is 1.99. The molecule has 0 amide bonds. The van der Waals surface area contributed by atoms with Gasteiger partial charge in [0.05, 0.1) is 6.34 Å². The molecule has 56 valence electrons. The van der Waals surface area contributed by atoms with Gasteiger partial charge in [0.15, 0.2) is 0 Å². The Kier molecular flexibility index (Phi) is 2.93. The second kappa shape index (κ2) is 4.28. The summed E-state index contributed by atoms with van der Waals surface area (Å²) in [5.74, 6) is 0. The summed E-state index contributed by atoms with van der Waals surface area (Å²) in [5, 5.41) is 0. The molecule has 0 bridgehead atoms. The van der Waals surface area contributed by atoms with Crippen LogP contribution in [0.5, 0.6) is 0 Å². The normalized spacial score (nSPS) is 11.3. The summed E-state index contributed by atoms with van der Waals surface area (Å²) in [7, 11) is 0. The zero-order valence-corrected chi connectivity index (χ0v) is 6.14. The topological polar surface area (TPSA) is 38.4 Å². The molecule has 0 aromatic heterocycles. The molecule has 0 radical (unpaired) electrons. The lowest BCUT2D eigenvalue weighted by molar-refractivity contribution is 1.56. The van der Waals surface area contributed by atoms with Gasteiger partial charge in [0.1, 0.15) is 0 Å². The maximum atomic E-state index is 5.05. The molecule has 2 nitrogen and oxygen atoms in total. The summed E-state index contributed by atoms with van der Waals surface area (Å²) in [6, 6.07) is 9.94. The lowest BCUT2D eigenvalue weighted by atomic mass is 10.2. The summed E-state index contributed by atoms with van der Waals surface area (Å²) in [5.41, 5.74) is 6.17. The van der Waals surface area contributed by atoms with E-state index in [-0.39, 0.29) is 0 Å². The first-order chi connectivity index (χ1) is 5.43. The van der Waals surface area contributed by atoms with Crippen LogP contribution in [0.3, 0.4) is 0 Å². The van der Waals surface area contributed by atoms with Gasteiger partial charge in [-0.15, -0.1) is 0 Å². The van der Waals surface area contributed by atoms with Crippen molar-refractivity contribution in [2.24, 2.45) is 10.7 Å². The largest absolute Gasteiger partial charge is 0.390 e. The van der Waals surface area contributed by atoms with Gasteiger partial charge in [0, 0.05) is 6.20 Å². The third kappa shape index (κ3) is 2.67. The summed E-state index contributed by atoms with van der Waals surface area (Å²) >= 11 is 0. The smallest absolute Gasteiger partial charge is 0.0852 e. The molecule has 1 aromatic rings. The Morgan fingerprint density at radius 2 is 1.91 bits per heavy atom. The Hall–Kier alpha value is -1.57. The van der Waals surface area contributed by atoms with E-state index < -0.39 is 0 Å². The third-order valence-corrected chi connectivity index (χ3v) is 1.24. The molecular weight excluding hydrogens is 136 g/mol. The molecule has 0 spiro atoms. The maximum absolute atomic E-state index is 5.05. The first-order valence-electron chi connectivity index (χ1n) is 3.38. The van der Waals surface area contributed by atoms with Crippen molar-refractivity contribution in [3.63, 3.8) is 0 Å². The third-order valence-electron chi connectivity index (χ3n) is 1.24. The number of nitrogens with zero attached hydrogens (tertiary/aromatic N) is 1. The lowest BCUT2D eigenvalue weighted by Gasteiger charge is -1.87. The van der Waals surface area contributed by atoms with Gasteiger partial charge < -0.3 is 5.73 Å². The number of rotatable bonds is 2. The Labute approximate surface area is 66.1 Å². The SMILES string of the molecule is NC=NC=Cc1ccccc1. The van der Waals surface area contributed by atoms with Crippen LogP contribution >= 0.6 is 0 Å². The summed E-state index contributed by atoms with van der Waals surface area (Å²) in [6.07, 6.45) is 4.82. The molecule has 0 fully saturated rings. The minimum atomic E-state index is 1.12. The molecule has 0 heterocycles. The first kappa shape index (κ1) is 7.54. The summed E-state index contributed by atoms with van der Waals surface area (Å²) < 4.78 is 0. The first-order valence-corrected chi connectivity index (χ1v) is 3.38. The predicted molar refractivity (Wildman–Crippen MR) is 48.2 cm³/mol. The Bertz CT molecular complexity index is 250. The van der Waals surface area contributed by atoms with E-state index in [9.17, 15) is 0 Å². The fraction of sp³-hybridized carbons (Fsp3) is 0. The fourth-order valence-corrected chi connectivity index (χ4v) is 0.743. The van der Waals surface area contributed by atoms with E-state index in [2.05, 4.69) is 4.99 Å². The predicted octanol–water partition coefficient (Wildman–Crippen LogP) is 1.64. The van der Waals surface area contributed by atoms with Gasteiger partial charge in [0.2, 0.25) is 0 Å². The number of nitrogens with two attached hydrogens (primary N) is 1. The molecule has 0 unspecified atom stereocenters. The molecule has 0 saturated heterocycles. The molecule has 2 heteroatoms. The van der Waals surface area contributed by atoms with Gasteiger partial charge in [-0.25, -0.2) is 4.99 Å². The highest BCUT2D eigenvalue weighted by atomic mass is 14.8. The van der Waals surface area contributed by atoms with E-state index >= 15 is 0 Å². The van der Waals surface area contributed by atoms with E-state index in [1.54, 1.807) is 6.20 Å². The minimum Gasteiger partial charge on any atom is -0.390 e. The van der Waals surface area contributed by atoms with E-state index in [1.807, 2.05) is 36.4 Å². The van der Waals surface area contributed by atoms with Crippen LogP contribution in [-0.2, 0) is 0 Å². The molecule has 1 aromatic carbocycles. The molecule has 2 N–H and O–H groups in total. The molecule has 11 heavy (non-hydrogen) atoms. The summed E-state index contributed by atoms with van der Waals surface area (Å²) in [6.45, 7) is 0. The number of aliphatic imine (C=N–C) groups is 1. The van der Waals surface area contributed by atoms with Gasteiger partial charge in [-0.1, -0.05) is 30.3 Å². The van der Waals surface area contributed by atoms with Crippen LogP contribution in [0.15, 0.2) is 41.5 Å². The van der Waals surface area contributed by atoms with Crippen molar-refractivity contribution in [2.45, 2.75) is 0 Å². The second-order valence-corrected chi connectivity index (χ2v) is 2.02. The number of hydrogen-bond donors (Lipinski definition) is 1. The molecule has 0 aliphatic carbocycles. The van der Waals surface area contributed by atoms with E-state index in [0.717, 1.165) is 5.56 Å². The molecule has 0 aliphatic rings. The van der Waals surface area contributed by atoms with E-state index in [1.165, 1.54) is 6.34 Å². The van der Waals surface area contributed by atoms with Gasteiger partial charge in [-0.05, 0) is 11.6 Å². The molecule has 0 aliphatic heterocycles. The Morgan fingerprint density at radius 1 is 1.18 bits per heavy atom. The quantitative estimate of drug-likeness (QED) is 0.500. The van der Waals surface area contributed by atoms with Crippen molar-refractivity contribution in [1.29, 1.82) is 0 Å². The van der Waals surface area contributed by atoms with Crippen LogP contribution in [0.2, 0.25) is 0 Å². The highest BCUT2D eigenvalue weighted by Gasteiger charge is 1.79. The van der Waals surface area contributed by atoms with Crippen LogP contribution in [0.25, 0.3) is 6.08 Å². The molecule has 0 saturated carbocycles. The average Bonchev–Trinajstić information content (AvgIpc) is 2.07. The van der Waals surface area contributed by atoms with Crippen molar-refractivity contribution in [3.05, 3.63) is 42.1 Å². The van der Waals surface area contributed by atoms with Crippen LogP contribution in [0.1, 0.15) is 5.56 Å². The fourth-order valence-electron chi connectivity index (χ4n) is 0.743. The monoisotopic (exact) mass is 146 g/mol. The van der Waals surface area contributed by atoms with Crippen molar-refractivity contribution in [1.82, 2.24) is 0 Å². The zero-order chi connectivity index (χ0) is 7.94. The minimum absolute atomic E-state index is 1.12. The van der Waals surface area contributed by atoms with Gasteiger partial charge >= 0.3 is 0 Å². The zero-order valence-electron chi connectivity index (χ0n) is 6.14. The van der Waals surface area contributed by atoms with Crippen molar-refractivity contribution < 1.29 is 0 Å². The van der Waals surface area contributed by atoms with E-state index in [0.29, 0.717) is 0 Å². The Balaban J connectivity index is 2.64. The highest BCUT2D eigenvalue weighted by molar-refractivity contribution is 5.55. The van der Waals surface area contributed by atoms with Crippen LogP contribution in [-0.4, -0.2) is 6.34 Å².